The smallest absolute Gasteiger partial charge is 0.242 e. The molecule has 0 spiro atoms. The molecule has 3 unspecified atom stereocenters. The van der Waals surface area contributed by atoms with Crippen LogP contribution in [0.25, 0.3) is 0 Å². The zero-order valence-corrected chi connectivity index (χ0v) is 39.1. The maximum absolute atomic E-state index is 14.0. The molecule has 3 aliphatic carbocycles. The summed E-state index contributed by atoms with van der Waals surface area (Å²) in [6.45, 7) is -0.593. The van der Waals surface area contributed by atoms with Crippen LogP contribution < -0.4 is 0 Å². The third kappa shape index (κ3) is 10.5. The largest absolute Gasteiger partial charge is 0.332 e. The molecule has 0 N–H and O–H groups in total. The summed E-state index contributed by atoms with van der Waals surface area (Å²) in [7, 11) is 0. The van der Waals surface area contributed by atoms with E-state index in [9.17, 15) is 41.9 Å². The van der Waals surface area contributed by atoms with Crippen molar-refractivity contribution >= 4 is 35.4 Å². The quantitative estimate of drug-likeness (QED) is 0.262. The highest BCUT2D eigenvalue weighted by molar-refractivity contribution is 5.89. The first-order valence-corrected chi connectivity index (χ1v) is 24.0. The van der Waals surface area contributed by atoms with Gasteiger partial charge in [0.1, 0.15) is 17.5 Å². The van der Waals surface area contributed by atoms with Gasteiger partial charge in [-0.25, -0.2) is 13.2 Å². The number of benzene rings is 3. The fraction of sp³-hybridized carbons (Fsp3) is 0.579. The van der Waals surface area contributed by atoms with Crippen LogP contribution in [0.5, 0.6) is 0 Å². The molecule has 12 nitrogen and oxygen atoms in total. The van der Waals surface area contributed by atoms with Crippen molar-refractivity contribution < 1.29 is 74.8 Å². The molecule has 12 rings (SSSR count). The highest BCUT2D eigenvalue weighted by Crippen LogP contribution is 2.39. The fourth-order valence-electron chi connectivity index (χ4n) is 10.9. The molecule has 9 aliphatic rings. The van der Waals surface area contributed by atoms with Crippen molar-refractivity contribution in [2.24, 2.45) is 17.7 Å². The summed E-state index contributed by atoms with van der Waals surface area (Å²) < 4.78 is 237. The molecule has 6 amide bonds. The number of carbonyl (C=O) groups is 6. The molecule has 3 saturated carbocycles. The zero-order valence-electron chi connectivity index (χ0n) is 63.1. The number of nitrogens with zero attached hydrogens (tertiary/aromatic N) is 6. The van der Waals surface area contributed by atoms with Crippen LogP contribution in [0.15, 0.2) is 54.6 Å². The summed E-state index contributed by atoms with van der Waals surface area (Å²) in [5.74, 6) is -14.1. The summed E-state index contributed by atoms with van der Waals surface area (Å²) in [4.78, 5) is 86.1. The molecule has 6 fully saturated rings. The van der Waals surface area contributed by atoms with Gasteiger partial charge in [0.25, 0.3) is 0 Å². The molecule has 6 aliphatic heterocycles. The second kappa shape index (κ2) is 21.8. The number of rotatable bonds is 3. The minimum absolute atomic E-state index is 0.0583. The molecule has 384 valence electrons. The van der Waals surface area contributed by atoms with E-state index in [1.54, 1.807) is 15.9 Å². The van der Waals surface area contributed by atoms with Gasteiger partial charge in [-0.2, -0.15) is 0 Å². The Morgan fingerprint density at radius 3 is 1.15 bits per heavy atom. The minimum Gasteiger partial charge on any atom is -0.332 e. The molecule has 15 heteroatoms. The van der Waals surface area contributed by atoms with E-state index in [0.717, 1.165) is 11.1 Å². The number of carbonyl (C=O) groups excluding carboxylic acids is 6. The molecule has 0 bridgehead atoms. The third-order valence-electron chi connectivity index (χ3n) is 14.5. The van der Waals surface area contributed by atoms with Gasteiger partial charge >= 0.3 is 0 Å². The SMILES string of the molecule is [2H]C1([2H])C([2H])([2H])C([2H])([2H])C([2H])(C(=O)N2CC(=O)N3CCc4ccc(F)cc4C3C2)C([2H])([2H])C1([2H])[2H].[2H]C1([2H])C([2H])([2H])C([2H])([2H])C([2H])(C(=O)N2CC(=O)N3CCc4ccc(F)cc4C3C2)C([2H])([2H])C1([2H])[2H].[2H]C1([2H])CCC(C(=O)N2CC(=O)N3CCc4ccc(F)cc4C3C2)CC1. The average Bonchev–Trinajstić information content (AvgIpc) is 0.665. The van der Waals surface area contributed by atoms with Gasteiger partial charge in [-0.3, -0.25) is 28.8 Å². The average molecular weight is 1020 g/mol. The van der Waals surface area contributed by atoms with E-state index in [-0.39, 0.29) is 62.3 Å². The molecule has 3 saturated heterocycles. The van der Waals surface area contributed by atoms with Crippen molar-refractivity contribution in [3.8, 4) is 0 Å². The molecule has 3 atom stereocenters. The lowest BCUT2D eigenvalue weighted by Crippen LogP contribution is -2.56. The molecule has 6 heterocycles. The van der Waals surface area contributed by atoms with E-state index < -0.39 is 142 Å². The lowest BCUT2D eigenvalue weighted by atomic mass is 9.86. The van der Waals surface area contributed by atoms with E-state index in [2.05, 4.69) is 0 Å². The van der Waals surface area contributed by atoms with Gasteiger partial charge in [0, 0.05) is 89.9 Å². The van der Waals surface area contributed by atoms with Crippen molar-refractivity contribution in [3.63, 3.8) is 0 Å². The lowest BCUT2D eigenvalue weighted by molar-refractivity contribution is -0.152. The normalized spacial score (nSPS) is 38.0. The fourth-order valence-corrected chi connectivity index (χ4v) is 10.9. The Hall–Kier alpha value is -5.73. The molecule has 0 radical (unpaired) electrons. The summed E-state index contributed by atoms with van der Waals surface area (Å²) in [5, 5.41) is 0. The highest BCUT2D eigenvalue weighted by atomic mass is 19.1. The van der Waals surface area contributed by atoms with Crippen LogP contribution in [-0.2, 0) is 48.0 Å². The Labute approximate surface area is 454 Å². The van der Waals surface area contributed by atoms with Crippen molar-refractivity contribution in [2.75, 3.05) is 58.9 Å². The van der Waals surface area contributed by atoms with Crippen molar-refractivity contribution in [1.82, 2.24) is 29.4 Å². The molecular weight excluding hydrogens is 922 g/mol. The molecule has 3 aromatic carbocycles. The van der Waals surface area contributed by atoms with E-state index in [1.165, 1.54) is 58.3 Å². The predicted octanol–water partition coefficient (Wildman–Crippen LogP) is 8.02. The maximum atomic E-state index is 14.0. The summed E-state index contributed by atoms with van der Waals surface area (Å²) >= 11 is 0. The zero-order chi connectivity index (χ0) is 71.6. The summed E-state index contributed by atoms with van der Waals surface area (Å²) in [6.07, 6.45) is -36.0. The molecular formula is C57H69F3N6O6. The van der Waals surface area contributed by atoms with E-state index in [4.69, 9.17) is 32.9 Å². The van der Waals surface area contributed by atoms with E-state index >= 15 is 0 Å². The molecule has 3 aromatic rings. The van der Waals surface area contributed by atoms with Gasteiger partial charge < -0.3 is 29.4 Å². The number of fused-ring (bicyclic) bond motifs is 9. The second-order valence-electron chi connectivity index (χ2n) is 18.7. The Morgan fingerprint density at radius 2 is 0.806 bits per heavy atom. The number of hydrogen-bond donors (Lipinski definition) is 0. The van der Waals surface area contributed by atoms with Crippen LogP contribution in [-0.4, -0.2) is 124 Å². The van der Waals surface area contributed by atoms with Crippen LogP contribution in [0.2, 0.25) is 0 Å². The maximum Gasteiger partial charge on any atom is 0.242 e. The number of piperazine rings is 3. The highest BCUT2D eigenvalue weighted by Gasteiger charge is 2.43. The van der Waals surface area contributed by atoms with Crippen molar-refractivity contribution in [2.45, 2.75) is 133 Å². The first-order chi connectivity index (χ1) is 43.9. The second-order valence-corrected chi connectivity index (χ2v) is 18.7. The summed E-state index contributed by atoms with van der Waals surface area (Å²) in [5.41, 5.74) is 4.04. The number of halogens is 3. The van der Waals surface area contributed by atoms with Crippen molar-refractivity contribution in [1.29, 1.82) is 0 Å². The van der Waals surface area contributed by atoms with Crippen LogP contribution in [0.4, 0.5) is 13.2 Å². The van der Waals surface area contributed by atoms with Crippen LogP contribution >= 0.6 is 0 Å². The predicted molar refractivity (Wildman–Crippen MR) is 263 cm³/mol. The van der Waals surface area contributed by atoms with E-state index in [0.29, 0.717) is 90.1 Å². The lowest BCUT2D eigenvalue weighted by Gasteiger charge is -2.45. The molecule has 0 aromatic heterocycles. The number of amides is 6. The number of hydrogen-bond acceptors (Lipinski definition) is 6. The Bertz CT molecular complexity index is 3470. The molecule has 72 heavy (non-hydrogen) atoms. The van der Waals surface area contributed by atoms with Crippen LogP contribution in [0.1, 0.15) is 180 Å². The van der Waals surface area contributed by atoms with Gasteiger partial charge in [-0.15, -0.1) is 0 Å². The van der Waals surface area contributed by atoms with Crippen LogP contribution in [0, 0.1) is 35.2 Å². The van der Waals surface area contributed by atoms with Gasteiger partial charge in [-0.05, 0) is 127 Å². The Balaban J connectivity index is 0.000000158. The van der Waals surface area contributed by atoms with Crippen molar-refractivity contribution in [3.05, 3.63) is 105 Å². The summed E-state index contributed by atoms with van der Waals surface area (Å²) in [6, 6.07) is 10.6. The van der Waals surface area contributed by atoms with Crippen LogP contribution in [0.3, 0.4) is 0 Å². The standard InChI is InChI=1S/3C19H23FN2O2/c3*20-15-7-6-13-8-9-22-17(16(13)10-15)11-21(12-18(22)23)19(24)14-4-2-1-3-5-14/h3*6-7,10,14,17H,1-5,8-9,11-12H2/i2*1D2,2D2,3D2,4D2,5D2,14D;1D2. The monoisotopic (exact) mass is 1010 g/mol. The minimum atomic E-state index is -3.85. The topological polar surface area (TPSA) is 122 Å². The Morgan fingerprint density at radius 1 is 0.472 bits per heavy atom. The van der Waals surface area contributed by atoms with Gasteiger partial charge in [0.2, 0.25) is 35.4 Å². The van der Waals surface area contributed by atoms with E-state index in [1.807, 2.05) is 0 Å². The van der Waals surface area contributed by atoms with Gasteiger partial charge in [0.05, 0.1) is 37.8 Å². The first kappa shape index (κ1) is 28.6. The third-order valence-corrected chi connectivity index (χ3v) is 14.5. The van der Waals surface area contributed by atoms with Gasteiger partial charge in [0.15, 0.2) is 0 Å². The first-order valence-electron chi connectivity index (χ1n) is 36.0. The Kier molecular flexibility index (Phi) is 8.66. The van der Waals surface area contributed by atoms with Gasteiger partial charge in [-0.1, -0.05) is 75.7 Å².